The zero-order chi connectivity index (χ0) is 23.0. The molecule has 4 aromatic rings. The molecule has 4 rings (SSSR count). The van der Waals surface area contributed by atoms with E-state index in [0.29, 0.717) is 34.6 Å². The molecule has 32 heavy (non-hydrogen) atoms. The molecular weight excluding hydrogens is 445 g/mol. The van der Waals surface area contributed by atoms with Gasteiger partial charge in [-0.3, -0.25) is 4.57 Å². The molecule has 1 heterocycles. The largest absolute Gasteiger partial charge is 0.513 e. The average molecular weight is 460 g/mol. The van der Waals surface area contributed by atoms with E-state index >= 15 is 0 Å². The van der Waals surface area contributed by atoms with Crippen molar-refractivity contribution >= 4 is 28.8 Å². The minimum Gasteiger partial charge on any atom is -0.513 e. The van der Waals surface area contributed by atoms with E-state index in [1.54, 1.807) is 47.0 Å². The number of halogens is 4. The molecule has 0 amide bonds. The van der Waals surface area contributed by atoms with E-state index in [1.807, 2.05) is 6.92 Å². The Labute approximate surface area is 185 Å². The summed E-state index contributed by atoms with van der Waals surface area (Å²) in [5.74, 6) is 0.706. The minimum atomic E-state index is -4.58. The number of nitrogens with zero attached hydrogens (tertiary/aromatic N) is 2. The molecule has 9 heteroatoms. The fraction of sp³-hybridized carbons (Fsp3) is 0.130. The monoisotopic (exact) mass is 459 g/mol. The number of hydrogen-bond acceptors (Lipinski definition) is 4. The van der Waals surface area contributed by atoms with Gasteiger partial charge in [0.05, 0.1) is 27.4 Å². The number of para-hydroxylation sites is 1. The van der Waals surface area contributed by atoms with Crippen molar-refractivity contribution in [2.75, 3.05) is 0 Å². The molecule has 0 atom stereocenters. The smallest absolute Gasteiger partial charge is 0.417 e. The zero-order valence-electron chi connectivity index (χ0n) is 16.6. The second-order valence-electron chi connectivity index (χ2n) is 6.93. The standard InChI is InChI=1S/C23H16ClF3N2O3/c1-2-21-28-18-11-16(23(25,26)27)17(24)12-19(18)29(21)14-9-7-13(8-10-14)15-5-3-4-6-20(15)32-22(30)31/h3-12H,2H2,1H3,(H,30,31)/p-1. The SMILES string of the molecule is CCc1nc2cc(C(F)(F)F)c(Cl)cc2n1-c1ccc(-c2ccccc2OC(=O)[O-])cc1. The lowest BCUT2D eigenvalue weighted by molar-refractivity contribution is -0.271. The average Bonchev–Trinajstić information content (AvgIpc) is 3.10. The first-order chi connectivity index (χ1) is 15.2. The van der Waals surface area contributed by atoms with Crippen LogP contribution in [0.1, 0.15) is 18.3 Å². The van der Waals surface area contributed by atoms with Crippen molar-refractivity contribution in [1.82, 2.24) is 9.55 Å². The first-order valence-electron chi connectivity index (χ1n) is 9.55. The lowest BCUT2D eigenvalue weighted by atomic mass is 10.0. The number of rotatable bonds is 4. The molecule has 0 bridgehead atoms. The topological polar surface area (TPSA) is 67.2 Å². The summed E-state index contributed by atoms with van der Waals surface area (Å²) in [6.07, 6.45) is -5.76. The minimum absolute atomic E-state index is 0.133. The van der Waals surface area contributed by atoms with Crippen molar-refractivity contribution in [2.45, 2.75) is 19.5 Å². The number of ether oxygens (including phenoxy) is 1. The summed E-state index contributed by atoms with van der Waals surface area (Å²) in [4.78, 5) is 15.2. The molecule has 164 valence electrons. The van der Waals surface area contributed by atoms with Gasteiger partial charge in [-0.15, -0.1) is 0 Å². The van der Waals surface area contributed by atoms with Gasteiger partial charge >= 0.3 is 6.18 Å². The summed E-state index contributed by atoms with van der Waals surface area (Å²) >= 11 is 5.94. The van der Waals surface area contributed by atoms with Gasteiger partial charge in [-0.25, -0.2) is 4.98 Å². The molecule has 0 N–H and O–H groups in total. The van der Waals surface area contributed by atoms with E-state index in [4.69, 9.17) is 16.3 Å². The van der Waals surface area contributed by atoms with E-state index < -0.39 is 22.9 Å². The number of imidazole rings is 1. The number of benzene rings is 3. The second kappa shape index (κ2) is 8.20. The van der Waals surface area contributed by atoms with Gasteiger partial charge in [-0.05, 0) is 35.9 Å². The quantitative estimate of drug-likeness (QED) is 0.292. The Kier molecular flexibility index (Phi) is 5.56. The summed E-state index contributed by atoms with van der Waals surface area (Å²) in [5, 5.41) is 10.4. The van der Waals surface area contributed by atoms with Crippen LogP contribution in [0.15, 0.2) is 60.7 Å². The fourth-order valence-corrected chi connectivity index (χ4v) is 3.83. The molecule has 0 radical (unpaired) electrons. The maximum absolute atomic E-state index is 13.2. The summed E-state index contributed by atoms with van der Waals surface area (Å²) in [7, 11) is 0. The highest BCUT2D eigenvalue weighted by molar-refractivity contribution is 6.32. The van der Waals surface area contributed by atoms with E-state index in [-0.39, 0.29) is 11.3 Å². The fourth-order valence-electron chi connectivity index (χ4n) is 3.56. The van der Waals surface area contributed by atoms with Gasteiger partial charge in [0.2, 0.25) is 0 Å². The van der Waals surface area contributed by atoms with Gasteiger partial charge in [0.25, 0.3) is 6.16 Å². The van der Waals surface area contributed by atoms with Crippen molar-refractivity contribution < 1.29 is 27.8 Å². The van der Waals surface area contributed by atoms with E-state index in [1.165, 1.54) is 12.1 Å². The highest BCUT2D eigenvalue weighted by Crippen LogP contribution is 2.38. The molecule has 0 unspecified atom stereocenters. The van der Waals surface area contributed by atoms with Crippen LogP contribution in [0, 0.1) is 0 Å². The molecule has 1 aromatic heterocycles. The van der Waals surface area contributed by atoms with Gasteiger partial charge in [0.1, 0.15) is 5.82 Å². The van der Waals surface area contributed by atoms with Gasteiger partial charge in [-0.1, -0.05) is 48.9 Å². The van der Waals surface area contributed by atoms with Crippen LogP contribution in [0.25, 0.3) is 27.8 Å². The number of fused-ring (bicyclic) bond motifs is 1. The second-order valence-corrected chi connectivity index (χ2v) is 7.34. The van der Waals surface area contributed by atoms with Crippen molar-refractivity contribution in [1.29, 1.82) is 0 Å². The molecule has 0 aliphatic heterocycles. The predicted octanol–water partition coefficient (Wildman–Crippen LogP) is 5.65. The Morgan fingerprint density at radius 2 is 1.81 bits per heavy atom. The molecule has 0 aliphatic rings. The van der Waals surface area contributed by atoms with Crippen molar-refractivity contribution in [2.24, 2.45) is 0 Å². The van der Waals surface area contributed by atoms with E-state index in [9.17, 15) is 23.1 Å². The van der Waals surface area contributed by atoms with Gasteiger partial charge in [0, 0.05) is 17.7 Å². The molecule has 0 fully saturated rings. The summed E-state index contributed by atoms with van der Waals surface area (Å²) < 4.78 is 46.2. The highest BCUT2D eigenvalue weighted by Gasteiger charge is 2.34. The van der Waals surface area contributed by atoms with Crippen LogP contribution in [0.2, 0.25) is 5.02 Å². The van der Waals surface area contributed by atoms with Crippen molar-refractivity contribution in [3.63, 3.8) is 0 Å². The summed E-state index contributed by atoms with van der Waals surface area (Å²) in [6, 6.07) is 15.8. The molecule has 3 aromatic carbocycles. The summed E-state index contributed by atoms with van der Waals surface area (Å²) in [6.45, 7) is 1.85. The molecular formula is C23H15ClF3N2O3-. The zero-order valence-corrected chi connectivity index (χ0v) is 17.4. The van der Waals surface area contributed by atoms with Gasteiger partial charge in [-0.2, -0.15) is 13.2 Å². The van der Waals surface area contributed by atoms with Crippen LogP contribution in [-0.4, -0.2) is 15.7 Å². The Morgan fingerprint density at radius 3 is 2.44 bits per heavy atom. The molecule has 0 saturated heterocycles. The number of aryl methyl sites for hydroxylation is 1. The number of carbonyl (C=O) groups is 1. The Morgan fingerprint density at radius 1 is 1.12 bits per heavy atom. The lowest BCUT2D eigenvalue weighted by Gasteiger charge is -2.15. The number of aromatic nitrogens is 2. The maximum Gasteiger partial charge on any atom is 0.417 e. The third-order valence-electron chi connectivity index (χ3n) is 4.95. The van der Waals surface area contributed by atoms with Crippen molar-refractivity contribution in [3.8, 4) is 22.6 Å². The van der Waals surface area contributed by atoms with Crippen LogP contribution in [0.3, 0.4) is 0 Å². The van der Waals surface area contributed by atoms with E-state index in [0.717, 1.165) is 6.07 Å². The highest BCUT2D eigenvalue weighted by atomic mass is 35.5. The predicted molar refractivity (Wildman–Crippen MR) is 112 cm³/mol. The Bertz CT molecular complexity index is 1310. The Hall–Kier alpha value is -3.52. The normalized spacial score (nSPS) is 11.7. The molecule has 0 saturated carbocycles. The number of carboxylic acid groups (broad SMARTS) is 1. The summed E-state index contributed by atoms with van der Waals surface area (Å²) in [5.41, 5.74) is 1.61. The third-order valence-corrected chi connectivity index (χ3v) is 5.26. The third kappa shape index (κ3) is 4.01. The first kappa shape index (κ1) is 21.7. The van der Waals surface area contributed by atoms with E-state index in [2.05, 4.69) is 4.98 Å². The van der Waals surface area contributed by atoms with Crippen LogP contribution in [-0.2, 0) is 12.6 Å². The van der Waals surface area contributed by atoms with Crippen LogP contribution < -0.4 is 9.84 Å². The first-order valence-corrected chi connectivity index (χ1v) is 9.93. The Balaban J connectivity index is 1.81. The number of carbonyl (C=O) groups excluding carboxylic acids is 1. The van der Waals surface area contributed by atoms with Crippen LogP contribution in [0.4, 0.5) is 18.0 Å². The van der Waals surface area contributed by atoms with Gasteiger partial charge in [0.15, 0.2) is 0 Å². The molecule has 5 nitrogen and oxygen atoms in total. The van der Waals surface area contributed by atoms with Crippen LogP contribution >= 0.6 is 11.6 Å². The lowest BCUT2D eigenvalue weighted by Crippen LogP contribution is -2.26. The number of alkyl halides is 3. The van der Waals surface area contributed by atoms with Crippen LogP contribution in [0.5, 0.6) is 5.75 Å². The molecule has 0 spiro atoms. The van der Waals surface area contributed by atoms with Crippen molar-refractivity contribution in [3.05, 3.63) is 77.1 Å². The van der Waals surface area contributed by atoms with Gasteiger partial charge < -0.3 is 14.6 Å². The number of hydrogen-bond donors (Lipinski definition) is 0. The molecule has 0 aliphatic carbocycles. The maximum atomic E-state index is 13.2.